The SMILES string of the molecule is CC(C)[C@@H](NC(=O)c1ccc2c(c1)NC(=O)CO2)c1ccc2c(c1)OCCO2. The Kier molecular flexibility index (Phi) is 4.81. The predicted molar refractivity (Wildman–Crippen MR) is 103 cm³/mol. The first-order chi connectivity index (χ1) is 13.5. The molecule has 0 aromatic heterocycles. The highest BCUT2D eigenvalue weighted by Gasteiger charge is 2.23. The molecule has 0 saturated heterocycles. The standard InChI is InChI=1S/C21H22N2O5/c1-12(2)20(13-3-6-17-18(10-13)27-8-7-26-17)23-21(25)14-4-5-16-15(9-14)22-19(24)11-28-16/h3-6,9-10,12,20H,7-8,11H2,1-2H3,(H,22,24)(H,23,25)/t20-/m1/s1. The van der Waals surface area contributed by atoms with Gasteiger partial charge in [-0.1, -0.05) is 19.9 Å². The Balaban J connectivity index is 1.56. The van der Waals surface area contributed by atoms with Crippen LogP contribution in [0.5, 0.6) is 17.2 Å². The van der Waals surface area contributed by atoms with E-state index in [1.54, 1.807) is 18.2 Å². The van der Waals surface area contributed by atoms with Crippen LogP contribution in [-0.4, -0.2) is 31.6 Å². The maximum absolute atomic E-state index is 12.9. The van der Waals surface area contributed by atoms with Gasteiger partial charge in [-0.2, -0.15) is 0 Å². The third-order valence-corrected chi connectivity index (χ3v) is 4.75. The summed E-state index contributed by atoms with van der Waals surface area (Å²) < 4.78 is 16.6. The third kappa shape index (κ3) is 3.60. The third-order valence-electron chi connectivity index (χ3n) is 4.75. The summed E-state index contributed by atoms with van der Waals surface area (Å²) in [5.74, 6) is 1.67. The second kappa shape index (κ2) is 7.42. The number of benzene rings is 2. The lowest BCUT2D eigenvalue weighted by Crippen LogP contribution is -2.32. The first kappa shape index (κ1) is 18.2. The molecule has 7 nitrogen and oxygen atoms in total. The number of ether oxygens (including phenoxy) is 3. The summed E-state index contributed by atoms with van der Waals surface area (Å²) in [6, 6.07) is 10.5. The van der Waals surface area contributed by atoms with Crippen LogP contribution in [0.4, 0.5) is 5.69 Å². The van der Waals surface area contributed by atoms with Gasteiger partial charge in [0.05, 0.1) is 11.7 Å². The van der Waals surface area contributed by atoms with Crippen LogP contribution in [0.25, 0.3) is 0 Å². The molecule has 0 radical (unpaired) electrons. The maximum atomic E-state index is 12.9. The number of amides is 2. The highest BCUT2D eigenvalue weighted by atomic mass is 16.6. The van der Waals surface area contributed by atoms with E-state index in [1.165, 1.54) is 0 Å². The Bertz CT molecular complexity index is 925. The smallest absolute Gasteiger partial charge is 0.262 e. The fourth-order valence-electron chi connectivity index (χ4n) is 3.34. The Labute approximate surface area is 163 Å². The van der Waals surface area contributed by atoms with Crippen LogP contribution >= 0.6 is 0 Å². The van der Waals surface area contributed by atoms with Gasteiger partial charge in [-0.05, 0) is 41.8 Å². The van der Waals surface area contributed by atoms with E-state index in [-0.39, 0.29) is 30.4 Å². The average Bonchev–Trinajstić information content (AvgIpc) is 2.70. The minimum absolute atomic E-state index is 0.0158. The second-order valence-corrected chi connectivity index (χ2v) is 7.15. The molecule has 28 heavy (non-hydrogen) atoms. The second-order valence-electron chi connectivity index (χ2n) is 7.15. The number of hydrogen-bond acceptors (Lipinski definition) is 5. The van der Waals surface area contributed by atoms with Crippen LogP contribution in [-0.2, 0) is 4.79 Å². The van der Waals surface area contributed by atoms with Crippen molar-refractivity contribution < 1.29 is 23.8 Å². The molecule has 0 unspecified atom stereocenters. The van der Waals surface area contributed by atoms with E-state index in [2.05, 4.69) is 10.6 Å². The van der Waals surface area contributed by atoms with Crippen LogP contribution in [0.15, 0.2) is 36.4 Å². The topological polar surface area (TPSA) is 85.9 Å². The molecule has 146 valence electrons. The van der Waals surface area contributed by atoms with Crippen molar-refractivity contribution in [3.63, 3.8) is 0 Å². The first-order valence-corrected chi connectivity index (χ1v) is 9.28. The zero-order valence-corrected chi connectivity index (χ0v) is 15.8. The number of anilines is 1. The first-order valence-electron chi connectivity index (χ1n) is 9.28. The molecule has 0 spiro atoms. The molecule has 2 aliphatic heterocycles. The van der Waals surface area contributed by atoms with Gasteiger partial charge in [-0.15, -0.1) is 0 Å². The zero-order valence-electron chi connectivity index (χ0n) is 15.8. The number of carbonyl (C=O) groups is 2. The molecule has 2 aromatic carbocycles. The van der Waals surface area contributed by atoms with Gasteiger partial charge in [0.2, 0.25) is 0 Å². The van der Waals surface area contributed by atoms with Crippen molar-refractivity contribution in [2.75, 3.05) is 25.1 Å². The van der Waals surface area contributed by atoms with Crippen molar-refractivity contribution in [3.05, 3.63) is 47.5 Å². The van der Waals surface area contributed by atoms with Crippen LogP contribution in [0.3, 0.4) is 0 Å². The zero-order chi connectivity index (χ0) is 19.7. The van der Waals surface area contributed by atoms with Gasteiger partial charge in [-0.25, -0.2) is 0 Å². The van der Waals surface area contributed by atoms with E-state index in [0.717, 1.165) is 5.56 Å². The number of carbonyl (C=O) groups excluding carboxylic acids is 2. The summed E-state index contributed by atoms with van der Waals surface area (Å²) in [7, 11) is 0. The lowest BCUT2D eigenvalue weighted by Gasteiger charge is -2.26. The molecule has 2 heterocycles. The highest BCUT2D eigenvalue weighted by molar-refractivity contribution is 6.00. The molecule has 7 heteroatoms. The molecule has 2 amide bonds. The molecule has 2 aliphatic rings. The Hall–Kier alpha value is -3.22. The van der Waals surface area contributed by atoms with Gasteiger partial charge in [0.25, 0.3) is 11.8 Å². The Morgan fingerprint density at radius 1 is 1.00 bits per heavy atom. The summed E-state index contributed by atoms with van der Waals surface area (Å²) >= 11 is 0. The van der Waals surface area contributed by atoms with Gasteiger partial charge in [-0.3, -0.25) is 9.59 Å². The van der Waals surface area contributed by atoms with E-state index >= 15 is 0 Å². The van der Waals surface area contributed by atoms with Gasteiger partial charge in [0, 0.05) is 5.56 Å². The van der Waals surface area contributed by atoms with Gasteiger partial charge in [0.15, 0.2) is 18.1 Å². The molecule has 4 rings (SSSR count). The van der Waals surface area contributed by atoms with Crippen molar-refractivity contribution >= 4 is 17.5 Å². The monoisotopic (exact) mass is 382 g/mol. The quantitative estimate of drug-likeness (QED) is 0.849. The summed E-state index contributed by atoms with van der Waals surface area (Å²) in [5.41, 5.74) is 1.90. The summed E-state index contributed by atoms with van der Waals surface area (Å²) in [6.07, 6.45) is 0. The molecule has 1 atom stereocenters. The average molecular weight is 382 g/mol. The van der Waals surface area contributed by atoms with Gasteiger partial charge in [0.1, 0.15) is 19.0 Å². The number of fused-ring (bicyclic) bond motifs is 2. The highest BCUT2D eigenvalue weighted by Crippen LogP contribution is 2.35. The number of hydrogen-bond donors (Lipinski definition) is 2. The molecule has 2 N–H and O–H groups in total. The van der Waals surface area contributed by atoms with E-state index in [1.807, 2.05) is 32.0 Å². The fourth-order valence-corrected chi connectivity index (χ4v) is 3.34. The molecule has 0 aliphatic carbocycles. The predicted octanol–water partition coefficient (Wildman–Crippen LogP) is 2.92. The normalized spacial score (nSPS) is 15.9. The van der Waals surface area contributed by atoms with Crippen LogP contribution in [0.2, 0.25) is 0 Å². The lowest BCUT2D eigenvalue weighted by atomic mass is 9.95. The van der Waals surface area contributed by atoms with Crippen molar-refractivity contribution in [2.45, 2.75) is 19.9 Å². The van der Waals surface area contributed by atoms with Crippen LogP contribution in [0.1, 0.15) is 35.8 Å². The van der Waals surface area contributed by atoms with Crippen LogP contribution in [0, 0.1) is 5.92 Å². The minimum Gasteiger partial charge on any atom is -0.486 e. The van der Waals surface area contributed by atoms with E-state index in [0.29, 0.717) is 41.7 Å². The molecule has 0 fully saturated rings. The van der Waals surface area contributed by atoms with Crippen molar-refractivity contribution in [3.8, 4) is 17.2 Å². The Morgan fingerprint density at radius 3 is 2.54 bits per heavy atom. The van der Waals surface area contributed by atoms with E-state index in [9.17, 15) is 9.59 Å². The van der Waals surface area contributed by atoms with Gasteiger partial charge >= 0.3 is 0 Å². The van der Waals surface area contributed by atoms with Crippen LogP contribution < -0.4 is 24.8 Å². The van der Waals surface area contributed by atoms with Crippen molar-refractivity contribution in [2.24, 2.45) is 5.92 Å². The molecular formula is C21H22N2O5. The summed E-state index contributed by atoms with van der Waals surface area (Å²) in [5, 5.41) is 5.81. The summed E-state index contributed by atoms with van der Waals surface area (Å²) in [6.45, 7) is 5.12. The van der Waals surface area contributed by atoms with Crippen molar-refractivity contribution in [1.82, 2.24) is 5.32 Å². The van der Waals surface area contributed by atoms with E-state index < -0.39 is 0 Å². The molecule has 0 bridgehead atoms. The summed E-state index contributed by atoms with van der Waals surface area (Å²) in [4.78, 5) is 24.4. The number of rotatable bonds is 4. The van der Waals surface area contributed by atoms with Gasteiger partial charge < -0.3 is 24.8 Å². The maximum Gasteiger partial charge on any atom is 0.262 e. The molecular weight excluding hydrogens is 360 g/mol. The van der Waals surface area contributed by atoms with Crippen molar-refractivity contribution in [1.29, 1.82) is 0 Å². The largest absolute Gasteiger partial charge is 0.486 e. The molecule has 0 saturated carbocycles. The van der Waals surface area contributed by atoms with E-state index in [4.69, 9.17) is 14.2 Å². The minimum atomic E-state index is -0.235. The molecule has 2 aromatic rings. The fraction of sp³-hybridized carbons (Fsp3) is 0.333. The number of nitrogens with one attached hydrogen (secondary N) is 2. The Morgan fingerprint density at radius 2 is 1.75 bits per heavy atom. The lowest BCUT2D eigenvalue weighted by molar-refractivity contribution is -0.118.